The van der Waals surface area contributed by atoms with Crippen LogP contribution in [0.1, 0.15) is 22.5 Å². The molecular formula is C19H22N2O2S. The van der Waals surface area contributed by atoms with Gasteiger partial charge in [-0.3, -0.25) is 4.79 Å². The minimum atomic E-state index is 0.0271. The standard InChI is InChI=1S/C19H22N2O2S/c1-23-16-11-17(24-18(16)14-5-3-2-4-6-14)19(22)20-15-12-21-9-7-13(15)8-10-21/h2-6,11,13,15H,7-10,12H2,1H3,(H,20,22). The SMILES string of the molecule is COc1cc(C(=O)NC2CN3CCC2CC3)sc1-c1ccccc1. The zero-order valence-electron chi connectivity index (χ0n) is 13.8. The van der Waals surface area contributed by atoms with E-state index in [2.05, 4.69) is 10.2 Å². The molecule has 4 nitrogen and oxygen atoms in total. The Labute approximate surface area is 146 Å². The first-order valence-corrected chi connectivity index (χ1v) is 9.32. The van der Waals surface area contributed by atoms with Crippen molar-refractivity contribution in [2.24, 2.45) is 5.92 Å². The normalized spacial score (nSPS) is 25.5. The number of thiophene rings is 1. The van der Waals surface area contributed by atoms with Crippen LogP contribution < -0.4 is 10.1 Å². The van der Waals surface area contributed by atoms with E-state index in [1.54, 1.807) is 7.11 Å². The molecule has 1 aromatic heterocycles. The van der Waals surface area contributed by atoms with E-state index in [1.807, 2.05) is 36.4 Å². The number of hydrogen-bond donors (Lipinski definition) is 1. The van der Waals surface area contributed by atoms with Crippen molar-refractivity contribution in [3.05, 3.63) is 41.3 Å². The maximum atomic E-state index is 12.7. The number of ether oxygens (including phenoxy) is 1. The smallest absolute Gasteiger partial charge is 0.261 e. The number of carbonyl (C=O) groups excluding carboxylic acids is 1. The summed E-state index contributed by atoms with van der Waals surface area (Å²) in [5.74, 6) is 1.43. The highest BCUT2D eigenvalue weighted by molar-refractivity contribution is 7.17. The maximum absolute atomic E-state index is 12.7. The Hall–Kier alpha value is -1.85. The van der Waals surface area contributed by atoms with Crippen LogP contribution in [-0.4, -0.2) is 43.6 Å². The number of methoxy groups -OCH3 is 1. The van der Waals surface area contributed by atoms with Crippen LogP contribution in [0.3, 0.4) is 0 Å². The van der Waals surface area contributed by atoms with E-state index in [4.69, 9.17) is 4.74 Å². The highest BCUT2D eigenvalue weighted by Crippen LogP contribution is 2.38. The van der Waals surface area contributed by atoms with Gasteiger partial charge in [-0.05, 0) is 37.4 Å². The van der Waals surface area contributed by atoms with E-state index in [0.717, 1.165) is 27.6 Å². The van der Waals surface area contributed by atoms with Crippen LogP contribution in [-0.2, 0) is 0 Å². The molecule has 0 spiro atoms. The molecule has 2 bridgehead atoms. The average Bonchev–Trinajstić information content (AvgIpc) is 3.08. The minimum absolute atomic E-state index is 0.0271. The van der Waals surface area contributed by atoms with E-state index >= 15 is 0 Å². The fourth-order valence-corrected chi connectivity index (χ4v) is 4.83. The molecule has 126 valence electrons. The second-order valence-corrected chi connectivity index (χ2v) is 7.64. The molecule has 24 heavy (non-hydrogen) atoms. The first-order valence-electron chi connectivity index (χ1n) is 8.51. The van der Waals surface area contributed by atoms with Crippen LogP contribution in [0.5, 0.6) is 5.75 Å². The number of benzene rings is 1. The molecule has 2 aromatic rings. The summed E-state index contributed by atoms with van der Waals surface area (Å²) >= 11 is 1.50. The van der Waals surface area contributed by atoms with Gasteiger partial charge in [-0.25, -0.2) is 0 Å². The molecule has 3 saturated heterocycles. The minimum Gasteiger partial charge on any atom is -0.495 e. The molecule has 3 aliphatic rings. The van der Waals surface area contributed by atoms with Crippen molar-refractivity contribution < 1.29 is 9.53 Å². The topological polar surface area (TPSA) is 41.6 Å². The van der Waals surface area contributed by atoms with Gasteiger partial charge in [0, 0.05) is 18.7 Å². The van der Waals surface area contributed by atoms with E-state index in [1.165, 1.54) is 37.3 Å². The summed E-state index contributed by atoms with van der Waals surface area (Å²) in [7, 11) is 1.66. The third kappa shape index (κ3) is 2.94. The van der Waals surface area contributed by atoms with Gasteiger partial charge in [0.1, 0.15) is 5.75 Å². The lowest BCUT2D eigenvalue weighted by Gasteiger charge is -2.44. The zero-order chi connectivity index (χ0) is 16.5. The van der Waals surface area contributed by atoms with E-state index in [0.29, 0.717) is 5.92 Å². The number of hydrogen-bond acceptors (Lipinski definition) is 4. The molecule has 1 N–H and O–H groups in total. The Bertz CT molecular complexity index is 720. The Morgan fingerprint density at radius 3 is 2.62 bits per heavy atom. The molecule has 1 amide bonds. The van der Waals surface area contributed by atoms with E-state index < -0.39 is 0 Å². The van der Waals surface area contributed by atoms with Crippen LogP contribution in [0.4, 0.5) is 0 Å². The monoisotopic (exact) mass is 342 g/mol. The van der Waals surface area contributed by atoms with Crippen molar-refractivity contribution >= 4 is 17.2 Å². The molecule has 3 fully saturated rings. The molecule has 3 aliphatic heterocycles. The summed E-state index contributed by atoms with van der Waals surface area (Å²) in [6.07, 6.45) is 2.40. The van der Waals surface area contributed by atoms with Gasteiger partial charge in [0.25, 0.3) is 5.91 Å². The summed E-state index contributed by atoms with van der Waals surface area (Å²) in [6, 6.07) is 12.2. The Morgan fingerprint density at radius 1 is 1.25 bits per heavy atom. The first-order chi connectivity index (χ1) is 11.7. The summed E-state index contributed by atoms with van der Waals surface area (Å²) in [4.78, 5) is 16.9. The van der Waals surface area contributed by atoms with Crippen molar-refractivity contribution in [2.75, 3.05) is 26.7 Å². The molecule has 1 atom stereocenters. The van der Waals surface area contributed by atoms with Crippen LogP contribution in [0.25, 0.3) is 10.4 Å². The Kier molecular flexibility index (Phi) is 4.29. The van der Waals surface area contributed by atoms with Gasteiger partial charge in [-0.1, -0.05) is 30.3 Å². The van der Waals surface area contributed by atoms with Gasteiger partial charge in [0.2, 0.25) is 0 Å². The summed E-state index contributed by atoms with van der Waals surface area (Å²) in [5.41, 5.74) is 1.08. The number of amides is 1. The number of carbonyl (C=O) groups is 1. The number of piperidine rings is 3. The molecule has 0 saturated carbocycles. The van der Waals surface area contributed by atoms with Gasteiger partial charge < -0.3 is 15.0 Å². The lowest BCUT2D eigenvalue weighted by Crippen LogP contribution is -2.57. The molecule has 0 aliphatic carbocycles. The van der Waals surface area contributed by atoms with Crippen molar-refractivity contribution in [2.45, 2.75) is 18.9 Å². The number of nitrogens with one attached hydrogen (secondary N) is 1. The largest absolute Gasteiger partial charge is 0.495 e. The fraction of sp³-hybridized carbons (Fsp3) is 0.421. The predicted molar refractivity (Wildman–Crippen MR) is 96.7 cm³/mol. The molecular weight excluding hydrogens is 320 g/mol. The Morgan fingerprint density at radius 2 is 2.00 bits per heavy atom. The van der Waals surface area contributed by atoms with Gasteiger partial charge in [0.15, 0.2) is 0 Å². The highest BCUT2D eigenvalue weighted by Gasteiger charge is 2.35. The van der Waals surface area contributed by atoms with Crippen molar-refractivity contribution in [3.8, 4) is 16.2 Å². The van der Waals surface area contributed by atoms with Crippen LogP contribution >= 0.6 is 11.3 Å². The van der Waals surface area contributed by atoms with Crippen molar-refractivity contribution in [1.82, 2.24) is 10.2 Å². The van der Waals surface area contributed by atoms with Gasteiger partial charge in [-0.2, -0.15) is 0 Å². The van der Waals surface area contributed by atoms with Crippen LogP contribution in [0.15, 0.2) is 36.4 Å². The van der Waals surface area contributed by atoms with Gasteiger partial charge in [-0.15, -0.1) is 11.3 Å². The average molecular weight is 342 g/mol. The maximum Gasteiger partial charge on any atom is 0.261 e. The molecule has 0 radical (unpaired) electrons. The lowest BCUT2D eigenvalue weighted by atomic mass is 9.84. The van der Waals surface area contributed by atoms with Crippen molar-refractivity contribution in [1.29, 1.82) is 0 Å². The number of fused-ring (bicyclic) bond motifs is 3. The van der Waals surface area contributed by atoms with Crippen LogP contribution in [0, 0.1) is 5.92 Å². The third-order valence-corrected chi connectivity index (χ3v) is 6.31. The molecule has 1 unspecified atom stereocenters. The quantitative estimate of drug-likeness (QED) is 0.927. The molecule has 1 aromatic carbocycles. The number of rotatable bonds is 4. The Balaban J connectivity index is 1.54. The van der Waals surface area contributed by atoms with Gasteiger partial charge >= 0.3 is 0 Å². The van der Waals surface area contributed by atoms with Gasteiger partial charge in [0.05, 0.1) is 16.9 Å². The summed E-state index contributed by atoms with van der Waals surface area (Å²) in [6.45, 7) is 3.36. The molecule has 5 rings (SSSR count). The van der Waals surface area contributed by atoms with E-state index in [-0.39, 0.29) is 11.9 Å². The molecule has 4 heterocycles. The second kappa shape index (κ2) is 6.57. The highest BCUT2D eigenvalue weighted by atomic mass is 32.1. The van der Waals surface area contributed by atoms with Crippen molar-refractivity contribution in [3.63, 3.8) is 0 Å². The third-order valence-electron chi connectivity index (χ3n) is 5.15. The molecule has 5 heteroatoms. The predicted octanol–water partition coefficient (Wildman–Crippen LogP) is 3.25. The zero-order valence-corrected chi connectivity index (χ0v) is 14.6. The second-order valence-electron chi connectivity index (χ2n) is 6.59. The van der Waals surface area contributed by atoms with Crippen LogP contribution in [0.2, 0.25) is 0 Å². The summed E-state index contributed by atoms with van der Waals surface area (Å²) in [5, 5.41) is 3.26. The summed E-state index contributed by atoms with van der Waals surface area (Å²) < 4.78 is 5.49. The number of nitrogens with zero attached hydrogens (tertiary/aromatic N) is 1. The first kappa shape index (κ1) is 15.7. The van der Waals surface area contributed by atoms with E-state index in [9.17, 15) is 4.79 Å². The fourth-order valence-electron chi connectivity index (χ4n) is 3.80. The lowest BCUT2D eigenvalue weighted by molar-refractivity contribution is 0.0622.